The molecule has 32 heavy (non-hydrogen) atoms. The van der Waals surface area contributed by atoms with Crippen molar-refractivity contribution in [2.45, 2.75) is 76.0 Å². The zero-order valence-corrected chi connectivity index (χ0v) is 18.7. The van der Waals surface area contributed by atoms with Crippen LogP contribution in [0.4, 0.5) is 0 Å². The first-order valence-corrected chi connectivity index (χ1v) is 12.7. The molecule has 2 heteroatoms. The molecule has 0 aliphatic heterocycles. The van der Waals surface area contributed by atoms with Crippen LogP contribution in [0.3, 0.4) is 0 Å². The smallest absolute Gasteiger partial charge is 0.138 e. The number of para-hydroxylation sites is 2. The molecule has 3 aromatic carbocycles. The van der Waals surface area contributed by atoms with E-state index in [1.807, 2.05) is 0 Å². The maximum atomic E-state index is 6.57. The van der Waals surface area contributed by atoms with Crippen molar-refractivity contribution in [2.75, 3.05) is 0 Å². The van der Waals surface area contributed by atoms with Crippen LogP contribution in [0, 0.1) is 0 Å². The molecule has 0 bridgehead atoms. The van der Waals surface area contributed by atoms with Crippen molar-refractivity contribution in [1.29, 1.82) is 0 Å². The van der Waals surface area contributed by atoms with Crippen LogP contribution in [0.15, 0.2) is 57.4 Å². The van der Waals surface area contributed by atoms with Gasteiger partial charge in [-0.1, -0.05) is 74.9 Å². The van der Waals surface area contributed by atoms with Crippen LogP contribution >= 0.6 is 0 Å². The van der Waals surface area contributed by atoms with Gasteiger partial charge in [0.2, 0.25) is 0 Å². The fourth-order valence-corrected chi connectivity index (χ4v) is 6.60. The molecule has 2 aliphatic carbocycles. The van der Waals surface area contributed by atoms with Crippen molar-refractivity contribution in [3.8, 4) is 0 Å². The highest BCUT2D eigenvalue weighted by atomic mass is 16.3. The second kappa shape index (κ2) is 7.40. The average Bonchev–Trinajstić information content (AvgIpc) is 3.41. The molecule has 0 spiro atoms. The molecule has 162 valence electrons. The van der Waals surface area contributed by atoms with Crippen molar-refractivity contribution < 1.29 is 8.83 Å². The van der Waals surface area contributed by atoms with Crippen LogP contribution in [-0.2, 0) is 0 Å². The zero-order valence-electron chi connectivity index (χ0n) is 18.7. The van der Waals surface area contributed by atoms with Gasteiger partial charge in [-0.3, -0.25) is 0 Å². The minimum atomic E-state index is 0.634. The summed E-state index contributed by atoms with van der Waals surface area (Å²) in [5.74, 6) is 1.27. The summed E-state index contributed by atoms with van der Waals surface area (Å²) in [5, 5.41) is 4.84. The minimum Gasteiger partial charge on any atom is -0.456 e. The highest BCUT2D eigenvalue weighted by Gasteiger charge is 2.23. The fourth-order valence-electron chi connectivity index (χ4n) is 6.60. The zero-order chi connectivity index (χ0) is 21.1. The van der Waals surface area contributed by atoms with E-state index in [0.717, 1.165) is 22.3 Å². The maximum absolute atomic E-state index is 6.57. The van der Waals surface area contributed by atoms with Crippen LogP contribution in [0.1, 0.15) is 87.2 Å². The molecule has 5 aromatic rings. The van der Waals surface area contributed by atoms with Gasteiger partial charge < -0.3 is 8.83 Å². The molecule has 0 N–H and O–H groups in total. The lowest BCUT2D eigenvalue weighted by Gasteiger charge is -2.21. The Hall–Kier alpha value is -2.74. The van der Waals surface area contributed by atoms with E-state index in [0.29, 0.717) is 11.8 Å². The van der Waals surface area contributed by atoms with Gasteiger partial charge in [-0.05, 0) is 60.8 Å². The van der Waals surface area contributed by atoms with Gasteiger partial charge in [-0.25, -0.2) is 0 Å². The summed E-state index contributed by atoms with van der Waals surface area (Å²) >= 11 is 0. The van der Waals surface area contributed by atoms with E-state index in [9.17, 15) is 0 Å². The Morgan fingerprint density at radius 1 is 0.500 bits per heavy atom. The third-order valence-electron chi connectivity index (χ3n) is 8.27. The third-order valence-corrected chi connectivity index (χ3v) is 8.27. The molecule has 2 heterocycles. The number of fused-ring (bicyclic) bond motifs is 6. The first-order valence-electron chi connectivity index (χ1n) is 12.7. The second-order valence-corrected chi connectivity index (χ2v) is 10.2. The molecule has 2 aromatic heterocycles. The fraction of sp³-hybridized carbons (Fsp3) is 0.400. The molecule has 2 aliphatic rings. The number of rotatable bonds is 2. The second-order valence-electron chi connectivity index (χ2n) is 10.2. The van der Waals surface area contributed by atoms with Gasteiger partial charge in [0.1, 0.15) is 22.3 Å². The van der Waals surface area contributed by atoms with Gasteiger partial charge in [0.25, 0.3) is 0 Å². The molecule has 2 nitrogen and oxygen atoms in total. The van der Waals surface area contributed by atoms with Gasteiger partial charge in [-0.15, -0.1) is 0 Å². The molecule has 2 fully saturated rings. The Morgan fingerprint density at radius 3 is 1.38 bits per heavy atom. The van der Waals surface area contributed by atoms with Gasteiger partial charge in [0, 0.05) is 21.5 Å². The molecule has 0 amide bonds. The Bertz CT molecular complexity index is 1330. The summed E-state index contributed by atoms with van der Waals surface area (Å²) < 4.78 is 13.1. The van der Waals surface area contributed by atoms with Crippen molar-refractivity contribution >= 4 is 43.9 Å². The van der Waals surface area contributed by atoms with E-state index >= 15 is 0 Å². The third kappa shape index (κ3) is 2.85. The first kappa shape index (κ1) is 18.8. The minimum absolute atomic E-state index is 0.634. The summed E-state index contributed by atoms with van der Waals surface area (Å²) in [4.78, 5) is 0. The van der Waals surface area contributed by atoms with Gasteiger partial charge in [0.15, 0.2) is 0 Å². The van der Waals surface area contributed by atoms with Crippen molar-refractivity contribution in [1.82, 2.24) is 0 Å². The summed E-state index contributed by atoms with van der Waals surface area (Å²) in [6.45, 7) is 0. The first-order chi connectivity index (χ1) is 15.9. The van der Waals surface area contributed by atoms with Crippen molar-refractivity contribution in [2.24, 2.45) is 0 Å². The summed E-state index contributed by atoms with van der Waals surface area (Å²) in [7, 11) is 0. The molecular weight excluding hydrogens is 392 g/mol. The lowest BCUT2D eigenvalue weighted by atomic mass is 9.83. The van der Waals surface area contributed by atoms with Crippen LogP contribution in [0.25, 0.3) is 43.9 Å². The maximum Gasteiger partial charge on any atom is 0.138 e. The summed E-state index contributed by atoms with van der Waals surface area (Å²) in [5.41, 5.74) is 6.96. The topological polar surface area (TPSA) is 26.3 Å². The SMILES string of the molecule is c1cc(C2CCCCC2)c2oc3cc4c(cc3c2c1)oc1c(C2CCCCC2)cccc14. The van der Waals surface area contributed by atoms with Gasteiger partial charge >= 0.3 is 0 Å². The number of hydrogen-bond acceptors (Lipinski definition) is 2. The highest BCUT2D eigenvalue weighted by Crippen LogP contribution is 2.43. The molecule has 7 rings (SSSR count). The standard InChI is InChI=1S/C30H30O2/c1-3-9-19(10-4-1)21-13-7-15-23-25-17-28-26(18-27(25)31-29(21)23)24-16-8-14-22(30(24)32-28)20-11-5-2-6-12-20/h7-8,13-20H,1-6,9-12H2. The van der Waals surface area contributed by atoms with E-state index in [4.69, 9.17) is 8.83 Å². The molecule has 0 unspecified atom stereocenters. The van der Waals surface area contributed by atoms with Gasteiger partial charge in [-0.2, -0.15) is 0 Å². The van der Waals surface area contributed by atoms with Crippen molar-refractivity contribution in [3.05, 3.63) is 59.7 Å². The Kier molecular flexibility index (Phi) is 4.35. The van der Waals surface area contributed by atoms with E-state index in [-0.39, 0.29) is 0 Å². The van der Waals surface area contributed by atoms with E-state index in [2.05, 4.69) is 48.5 Å². The van der Waals surface area contributed by atoms with Gasteiger partial charge in [0.05, 0.1) is 0 Å². The predicted octanol–water partition coefficient (Wildman–Crippen LogP) is 9.58. The molecular formula is C30H30O2. The lowest BCUT2D eigenvalue weighted by Crippen LogP contribution is -2.04. The van der Waals surface area contributed by atoms with Crippen LogP contribution in [-0.4, -0.2) is 0 Å². The van der Waals surface area contributed by atoms with E-state index in [1.54, 1.807) is 0 Å². The predicted molar refractivity (Wildman–Crippen MR) is 133 cm³/mol. The highest BCUT2D eigenvalue weighted by molar-refractivity contribution is 6.15. The Labute approximate surface area is 188 Å². The average molecular weight is 423 g/mol. The Morgan fingerprint density at radius 2 is 0.938 bits per heavy atom. The van der Waals surface area contributed by atoms with E-state index < -0.39 is 0 Å². The van der Waals surface area contributed by atoms with Crippen molar-refractivity contribution in [3.63, 3.8) is 0 Å². The normalized spacial score (nSPS) is 19.0. The quantitative estimate of drug-likeness (QED) is 0.283. The lowest BCUT2D eigenvalue weighted by molar-refractivity contribution is 0.442. The largest absolute Gasteiger partial charge is 0.456 e. The van der Waals surface area contributed by atoms with E-state index in [1.165, 1.54) is 96.9 Å². The molecule has 0 atom stereocenters. The monoisotopic (exact) mass is 422 g/mol. The molecule has 2 saturated carbocycles. The number of hydrogen-bond donors (Lipinski definition) is 0. The molecule has 0 radical (unpaired) electrons. The Balaban J connectivity index is 1.42. The number of furan rings is 2. The molecule has 0 saturated heterocycles. The summed E-state index contributed by atoms with van der Waals surface area (Å²) in [6.07, 6.45) is 13.2. The van der Waals surface area contributed by atoms with Crippen LogP contribution in [0.2, 0.25) is 0 Å². The van der Waals surface area contributed by atoms with Crippen LogP contribution < -0.4 is 0 Å². The van der Waals surface area contributed by atoms with Crippen LogP contribution in [0.5, 0.6) is 0 Å². The number of benzene rings is 3. The summed E-state index contributed by atoms with van der Waals surface area (Å²) in [6, 6.07) is 17.9.